The minimum absolute atomic E-state index is 0.560. The fraction of sp³-hybridized carbons (Fsp3) is 0.429. The second kappa shape index (κ2) is 7.07. The molecule has 0 aliphatic carbocycles. The fourth-order valence-corrected chi connectivity index (χ4v) is 1.30. The molecule has 0 spiro atoms. The Morgan fingerprint density at radius 1 is 1.38 bits per heavy atom. The molecular formula is C14H21NO. The number of rotatable bonds is 7. The maximum absolute atomic E-state index is 5.42. The van der Waals surface area contributed by atoms with Crippen LogP contribution in [-0.2, 0) is 6.54 Å². The lowest BCUT2D eigenvalue weighted by atomic mass is 10.2. The van der Waals surface area contributed by atoms with Gasteiger partial charge in [0.2, 0.25) is 0 Å². The summed E-state index contributed by atoms with van der Waals surface area (Å²) in [6.45, 7) is 9.47. The predicted molar refractivity (Wildman–Crippen MR) is 68.7 cm³/mol. The molecule has 0 radical (unpaired) electrons. The summed E-state index contributed by atoms with van der Waals surface area (Å²) in [5.74, 6) is 0.896. The van der Waals surface area contributed by atoms with E-state index in [1.807, 2.05) is 12.1 Å². The van der Waals surface area contributed by atoms with Crippen molar-refractivity contribution in [3.63, 3.8) is 0 Å². The van der Waals surface area contributed by atoms with Gasteiger partial charge in [-0.2, -0.15) is 0 Å². The van der Waals surface area contributed by atoms with Crippen LogP contribution in [0.3, 0.4) is 0 Å². The van der Waals surface area contributed by atoms with Crippen molar-refractivity contribution in [1.29, 1.82) is 0 Å². The van der Waals surface area contributed by atoms with Crippen LogP contribution in [0.15, 0.2) is 36.9 Å². The molecule has 0 unspecified atom stereocenters. The Labute approximate surface area is 98.3 Å². The molecule has 0 bridgehead atoms. The van der Waals surface area contributed by atoms with E-state index in [4.69, 9.17) is 4.74 Å². The van der Waals surface area contributed by atoms with E-state index in [1.54, 1.807) is 6.08 Å². The highest BCUT2D eigenvalue weighted by molar-refractivity contribution is 5.27. The Morgan fingerprint density at radius 3 is 2.62 bits per heavy atom. The molecule has 2 heteroatoms. The largest absolute Gasteiger partial charge is 0.490 e. The summed E-state index contributed by atoms with van der Waals surface area (Å²) in [4.78, 5) is 0. The quantitative estimate of drug-likeness (QED) is 0.711. The lowest BCUT2D eigenvalue weighted by Gasteiger charge is -2.11. The van der Waals surface area contributed by atoms with E-state index in [-0.39, 0.29) is 0 Å². The zero-order valence-electron chi connectivity index (χ0n) is 10.2. The Hall–Kier alpha value is -1.28. The highest BCUT2D eigenvalue weighted by Crippen LogP contribution is 2.12. The minimum Gasteiger partial charge on any atom is -0.490 e. The van der Waals surface area contributed by atoms with Crippen molar-refractivity contribution in [2.45, 2.75) is 32.9 Å². The molecule has 0 aromatic heterocycles. The van der Waals surface area contributed by atoms with Crippen molar-refractivity contribution >= 4 is 0 Å². The maximum Gasteiger partial charge on any atom is 0.119 e. The van der Waals surface area contributed by atoms with Crippen LogP contribution in [0.1, 0.15) is 25.8 Å². The molecule has 1 N–H and O–H groups in total. The molecule has 0 heterocycles. The van der Waals surface area contributed by atoms with Gasteiger partial charge in [-0.1, -0.05) is 31.7 Å². The van der Waals surface area contributed by atoms with E-state index in [0.29, 0.717) is 12.6 Å². The van der Waals surface area contributed by atoms with E-state index < -0.39 is 0 Å². The monoisotopic (exact) mass is 219 g/mol. The van der Waals surface area contributed by atoms with Crippen molar-refractivity contribution in [2.24, 2.45) is 0 Å². The van der Waals surface area contributed by atoms with Crippen molar-refractivity contribution < 1.29 is 4.74 Å². The average molecular weight is 219 g/mol. The first kappa shape index (κ1) is 12.8. The molecule has 1 atom stereocenters. The van der Waals surface area contributed by atoms with Crippen molar-refractivity contribution in [3.05, 3.63) is 42.5 Å². The highest BCUT2D eigenvalue weighted by atomic mass is 16.5. The minimum atomic E-state index is 0.560. The van der Waals surface area contributed by atoms with Gasteiger partial charge in [0.05, 0.1) is 0 Å². The zero-order chi connectivity index (χ0) is 11.8. The number of ether oxygens (including phenoxy) is 1. The average Bonchev–Trinajstić information content (AvgIpc) is 2.34. The van der Waals surface area contributed by atoms with Gasteiger partial charge in [-0.3, -0.25) is 0 Å². The summed E-state index contributed by atoms with van der Waals surface area (Å²) in [6, 6.07) is 8.74. The van der Waals surface area contributed by atoms with Gasteiger partial charge in [0.1, 0.15) is 12.4 Å². The van der Waals surface area contributed by atoms with Crippen LogP contribution in [0.25, 0.3) is 0 Å². The summed E-state index contributed by atoms with van der Waals surface area (Å²) in [5.41, 5.74) is 1.28. The van der Waals surface area contributed by atoms with Crippen LogP contribution in [0.4, 0.5) is 0 Å². The van der Waals surface area contributed by atoms with E-state index in [9.17, 15) is 0 Å². The van der Waals surface area contributed by atoms with Crippen LogP contribution in [0.2, 0.25) is 0 Å². The zero-order valence-corrected chi connectivity index (χ0v) is 10.2. The summed E-state index contributed by atoms with van der Waals surface area (Å²) in [5, 5.41) is 3.45. The standard InChI is InChI=1S/C14H21NO/c1-4-10-16-14-8-6-13(7-9-14)11-15-12(3)5-2/h4,6-9,12,15H,1,5,10-11H2,2-3H3/t12-/m0/s1. The second-order valence-electron chi connectivity index (χ2n) is 3.93. The number of nitrogens with one attached hydrogen (secondary N) is 1. The van der Waals surface area contributed by atoms with E-state index in [1.165, 1.54) is 5.56 Å². The maximum atomic E-state index is 5.42. The van der Waals surface area contributed by atoms with Crippen LogP contribution < -0.4 is 10.1 Å². The van der Waals surface area contributed by atoms with Gasteiger partial charge in [0, 0.05) is 12.6 Å². The third-order valence-corrected chi connectivity index (χ3v) is 2.56. The van der Waals surface area contributed by atoms with Gasteiger partial charge < -0.3 is 10.1 Å². The van der Waals surface area contributed by atoms with Crippen LogP contribution in [0, 0.1) is 0 Å². The van der Waals surface area contributed by atoms with E-state index in [2.05, 4.69) is 37.9 Å². The van der Waals surface area contributed by atoms with Crippen molar-refractivity contribution in [1.82, 2.24) is 5.32 Å². The summed E-state index contributed by atoms with van der Waals surface area (Å²) >= 11 is 0. The first-order valence-corrected chi connectivity index (χ1v) is 5.82. The molecule has 0 fully saturated rings. The molecule has 0 aliphatic rings. The topological polar surface area (TPSA) is 21.3 Å². The van der Waals surface area contributed by atoms with Crippen molar-refractivity contribution in [3.8, 4) is 5.75 Å². The first-order valence-electron chi connectivity index (χ1n) is 5.82. The molecule has 1 aromatic rings. The first-order chi connectivity index (χ1) is 7.76. The second-order valence-corrected chi connectivity index (χ2v) is 3.93. The van der Waals surface area contributed by atoms with E-state index >= 15 is 0 Å². The number of benzene rings is 1. The smallest absolute Gasteiger partial charge is 0.119 e. The van der Waals surface area contributed by atoms with Gasteiger partial charge in [-0.25, -0.2) is 0 Å². The Morgan fingerprint density at radius 2 is 2.06 bits per heavy atom. The van der Waals surface area contributed by atoms with Gasteiger partial charge in [-0.15, -0.1) is 0 Å². The predicted octanol–water partition coefficient (Wildman–Crippen LogP) is 3.14. The molecule has 2 nitrogen and oxygen atoms in total. The molecule has 0 aliphatic heterocycles. The molecule has 1 rings (SSSR count). The third kappa shape index (κ3) is 4.49. The molecule has 88 valence electrons. The molecule has 0 saturated heterocycles. The Bertz CT molecular complexity index is 305. The summed E-state index contributed by atoms with van der Waals surface area (Å²) in [7, 11) is 0. The summed E-state index contributed by atoms with van der Waals surface area (Å²) < 4.78 is 5.42. The highest BCUT2D eigenvalue weighted by Gasteiger charge is 1.98. The van der Waals surface area contributed by atoms with Gasteiger partial charge >= 0.3 is 0 Å². The van der Waals surface area contributed by atoms with Gasteiger partial charge in [0.25, 0.3) is 0 Å². The summed E-state index contributed by atoms with van der Waals surface area (Å²) in [6.07, 6.45) is 2.90. The third-order valence-electron chi connectivity index (χ3n) is 2.56. The van der Waals surface area contributed by atoms with E-state index in [0.717, 1.165) is 18.7 Å². The molecule has 16 heavy (non-hydrogen) atoms. The molecule has 0 amide bonds. The number of hydrogen-bond acceptors (Lipinski definition) is 2. The van der Waals surface area contributed by atoms with Crippen LogP contribution in [-0.4, -0.2) is 12.6 Å². The van der Waals surface area contributed by atoms with Gasteiger partial charge in [-0.05, 0) is 31.0 Å². The lowest BCUT2D eigenvalue weighted by Crippen LogP contribution is -2.24. The fourth-order valence-electron chi connectivity index (χ4n) is 1.30. The van der Waals surface area contributed by atoms with Crippen LogP contribution in [0.5, 0.6) is 5.75 Å². The van der Waals surface area contributed by atoms with Gasteiger partial charge in [0.15, 0.2) is 0 Å². The molecule has 1 aromatic carbocycles. The number of hydrogen-bond donors (Lipinski definition) is 1. The SMILES string of the molecule is C=CCOc1ccc(CN[C@@H](C)CC)cc1. The van der Waals surface area contributed by atoms with Crippen LogP contribution >= 0.6 is 0 Å². The molecule has 0 saturated carbocycles. The Kier molecular flexibility index (Phi) is 5.65. The normalized spacial score (nSPS) is 12.1. The Balaban J connectivity index is 2.41. The van der Waals surface area contributed by atoms with Crippen molar-refractivity contribution in [2.75, 3.05) is 6.61 Å². The lowest BCUT2D eigenvalue weighted by molar-refractivity contribution is 0.363. The molecular weight excluding hydrogens is 198 g/mol.